The van der Waals surface area contributed by atoms with Gasteiger partial charge in [0.15, 0.2) is 0 Å². The van der Waals surface area contributed by atoms with Gasteiger partial charge in [-0.1, -0.05) is 19.1 Å². The van der Waals surface area contributed by atoms with Gasteiger partial charge in [0.05, 0.1) is 11.6 Å². The van der Waals surface area contributed by atoms with Gasteiger partial charge in [-0.3, -0.25) is 0 Å². The van der Waals surface area contributed by atoms with E-state index >= 15 is 0 Å². The lowest BCUT2D eigenvalue weighted by atomic mass is 9.87. The molecule has 1 aromatic rings. The van der Waals surface area contributed by atoms with Crippen LogP contribution in [-0.4, -0.2) is 31.2 Å². The quantitative estimate of drug-likeness (QED) is 0.673. The lowest BCUT2D eigenvalue weighted by Crippen LogP contribution is -2.29. The van der Waals surface area contributed by atoms with Crippen molar-refractivity contribution in [3.8, 4) is 0 Å². The molecule has 0 fully saturated rings. The number of rotatable bonds is 6. The Balaban J connectivity index is 3.13. The first kappa shape index (κ1) is 15.1. The van der Waals surface area contributed by atoms with Gasteiger partial charge in [-0.15, -0.1) is 0 Å². The summed E-state index contributed by atoms with van der Waals surface area (Å²) in [6.07, 6.45) is 0.566. The van der Waals surface area contributed by atoms with Crippen molar-refractivity contribution < 1.29 is 0 Å². The highest BCUT2D eigenvalue weighted by atomic mass is 15.1. The van der Waals surface area contributed by atoms with Crippen molar-refractivity contribution in [2.45, 2.75) is 20.3 Å². The fourth-order valence-electron chi connectivity index (χ4n) is 1.97. The van der Waals surface area contributed by atoms with Crippen LogP contribution in [0, 0.1) is 22.1 Å². The third kappa shape index (κ3) is 3.50. The Bertz CT molecular complexity index is 503. The van der Waals surface area contributed by atoms with Crippen molar-refractivity contribution in [1.82, 2.24) is 0 Å². The maximum absolute atomic E-state index is 8.29. The van der Waals surface area contributed by atoms with Crippen molar-refractivity contribution in [1.29, 1.82) is 16.2 Å². The Hall–Kier alpha value is -1.97. The Morgan fingerprint density at radius 2 is 1.84 bits per heavy atom. The third-order valence-electron chi connectivity index (χ3n) is 3.12. The molecule has 1 atom stereocenters. The SMILES string of the molecule is CCC(=N)C(C(C)=N)C(=N)c1cccc(N(C)C)c1. The van der Waals surface area contributed by atoms with E-state index in [9.17, 15) is 0 Å². The third-order valence-corrected chi connectivity index (χ3v) is 3.12. The molecule has 19 heavy (non-hydrogen) atoms. The van der Waals surface area contributed by atoms with Gasteiger partial charge in [-0.2, -0.15) is 0 Å². The molecule has 4 nitrogen and oxygen atoms in total. The topological polar surface area (TPSA) is 74.8 Å². The van der Waals surface area contributed by atoms with Gasteiger partial charge in [0, 0.05) is 31.2 Å². The highest BCUT2D eigenvalue weighted by Gasteiger charge is 2.22. The summed E-state index contributed by atoms with van der Waals surface area (Å²) in [5.41, 5.74) is 2.91. The van der Waals surface area contributed by atoms with Crippen LogP contribution in [0.5, 0.6) is 0 Å². The first-order chi connectivity index (χ1) is 8.88. The van der Waals surface area contributed by atoms with E-state index in [1.165, 1.54) is 0 Å². The van der Waals surface area contributed by atoms with E-state index in [4.69, 9.17) is 16.2 Å². The average molecular weight is 258 g/mol. The molecule has 1 rings (SSSR count). The molecule has 0 radical (unpaired) electrons. The molecule has 102 valence electrons. The van der Waals surface area contributed by atoms with E-state index < -0.39 is 5.92 Å². The molecule has 0 spiro atoms. The summed E-state index contributed by atoms with van der Waals surface area (Å²) in [5.74, 6) is -0.498. The van der Waals surface area contributed by atoms with Crippen LogP contribution in [0.4, 0.5) is 5.69 Å². The lowest BCUT2D eigenvalue weighted by Gasteiger charge is -2.19. The summed E-state index contributed by atoms with van der Waals surface area (Å²) in [5, 5.41) is 24.1. The minimum Gasteiger partial charge on any atom is -0.378 e. The van der Waals surface area contributed by atoms with E-state index in [1.807, 2.05) is 50.2 Å². The minimum atomic E-state index is -0.498. The maximum atomic E-state index is 8.29. The Labute approximate surface area is 115 Å². The van der Waals surface area contributed by atoms with Gasteiger partial charge in [-0.05, 0) is 31.0 Å². The number of nitrogens with one attached hydrogen (secondary N) is 3. The summed E-state index contributed by atoms with van der Waals surface area (Å²) >= 11 is 0. The second-order valence-corrected chi connectivity index (χ2v) is 4.85. The van der Waals surface area contributed by atoms with E-state index in [0.29, 0.717) is 23.6 Å². The highest BCUT2D eigenvalue weighted by Crippen LogP contribution is 2.18. The van der Waals surface area contributed by atoms with Crippen molar-refractivity contribution in [2.75, 3.05) is 19.0 Å². The molecule has 0 bridgehead atoms. The van der Waals surface area contributed by atoms with Crippen LogP contribution in [0.3, 0.4) is 0 Å². The fraction of sp³-hybridized carbons (Fsp3) is 0.400. The van der Waals surface area contributed by atoms with E-state index in [0.717, 1.165) is 11.3 Å². The molecule has 0 saturated heterocycles. The van der Waals surface area contributed by atoms with Crippen molar-refractivity contribution >= 4 is 22.8 Å². The number of hydrogen-bond donors (Lipinski definition) is 3. The second-order valence-electron chi connectivity index (χ2n) is 4.85. The summed E-state index contributed by atoms with van der Waals surface area (Å²) in [6, 6.07) is 7.69. The van der Waals surface area contributed by atoms with Crippen LogP contribution in [0.15, 0.2) is 24.3 Å². The molecular weight excluding hydrogens is 236 g/mol. The molecule has 1 unspecified atom stereocenters. The molecule has 1 aromatic carbocycles. The molecule has 0 aliphatic heterocycles. The summed E-state index contributed by atoms with van der Waals surface area (Å²) in [7, 11) is 3.91. The molecule has 0 aliphatic carbocycles. The van der Waals surface area contributed by atoms with Crippen LogP contribution in [0.1, 0.15) is 25.8 Å². The zero-order chi connectivity index (χ0) is 14.6. The minimum absolute atomic E-state index is 0.336. The average Bonchev–Trinajstić information content (AvgIpc) is 2.38. The van der Waals surface area contributed by atoms with Gasteiger partial charge >= 0.3 is 0 Å². The van der Waals surface area contributed by atoms with Gasteiger partial charge in [0.2, 0.25) is 0 Å². The van der Waals surface area contributed by atoms with Crippen molar-refractivity contribution in [3.05, 3.63) is 29.8 Å². The van der Waals surface area contributed by atoms with Crippen LogP contribution < -0.4 is 4.90 Å². The molecule has 0 heterocycles. The van der Waals surface area contributed by atoms with Gasteiger partial charge in [0.1, 0.15) is 0 Å². The first-order valence-corrected chi connectivity index (χ1v) is 6.37. The van der Waals surface area contributed by atoms with Crippen LogP contribution in [-0.2, 0) is 0 Å². The van der Waals surface area contributed by atoms with Gasteiger partial charge in [-0.25, -0.2) is 0 Å². The zero-order valence-electron chi connectivity index (χ0n) is 12.0. The monoisotopic (exact) mass is 258 g/mol. The van der Waals surface area contributed by atoms with Gasteiger partial charge < -0.3 is 21.1 Å². The molecule has 0 saturated carbocycles. The number of hydrogen-bond acceptors (Lipinski definition) is 4. The van der Waals surface area contributed by atoms with E-state index in [2.05, 4.69) is 0 Å². The van der Waals surface area contributed by atoms with E-state index in [-0.39, 0.29) is 0 Å². The largest absolute Gasteiger partial charge is 0.378 e. The molecule has 4 heteroatoms. The Kier molecular flexibility index (Phi) is 4.98. The van der Waals surface area contributed by atoms with Crippen LogP contribution in [0.25, 0.3) is 0 Å². The molecule has 0 aliphatic rings. The lowest BCUT2D eigenvalue weighted by molar-refractivity contribution is 1.08. The van der Waals surface area contributed by atoms with Crippen molar-refractivity contribution in [3.63, 3.8) is 0 Å². The summed E-state index contributed by atoms with van der Waals surface area (Å²) in [6.45, 7) is 3.56. The van der Waals surface area contributed by atoms with E-state index in [1.54, 1.807) is 6.92 Å². The number of anilines is 1. The maximum Gasteiger partial charge on any atom is 0.0761 e. The molecule has 3 N–H and O–H groups in total. The van der Waals surface area contributed by atoms with Crippen LogP contribution >= 0.6 is 0 Å². The highest BCUT2D eigenvalue weighted by molar-refractivity contribution is 6.25. The summed E-state index contributed by atoms with van der Waals surface area (Å²) in [4.78, 5) is 1.98. The fourth-order valence-corrected chi connectivity index (χ4v) is 1.97. The normalized spacial score (nSPS) is 11.8. The summed E-state index contributed by atoms with van der Waals surface area (Å²) < 4.78 is 0. The standard InChI is InChI=1S/C15H22N4/c1-5-13(17)14(10(2)16)15(18)11-7-6-8-12(9-11)19(3)4/h6-9,14,16-18H,5H2,1-4H3. The van der Waals surface area contributed by atoms with Crippen LogP contribution in [0.2, 0.25) is 0 Å². The first-order valence-electron chi connectivity index (χ1n) is 6.37. The van der Waals surface area contributed by atoms with Crippen molar-refractivity contribution in [2.24, 2.45) is 5.92 Å². The van der Waals surface area contributed by atoms with Gasteiger partial charge in [0.25, 0.3) is 0 Å². The predicted molar refractivity (Wildman–Crippen MR) is 82.5 cm³/mol. The second kappa shape index (κ2) is 6.27. The Morgan fingerprint density at radius 1 is 1.21 bits per heavy atom. The number of benzene rings is 1. The molecule has 0 aromatic heterocycles. The Morgan fingerprint density at radius 3 is 2.32 bits per heavy atom. The number of nitrogens with zero attached hydrogens (tertiary/aromatic N) is 1. The predicted octanol–water partition coefficient (Wildman–Crippen LogP) is 3.21. The zero-order valence-corrected chi connectivity index (χ0v) is 12.0. The smallest absolute Gasteiger partial charge is 0.0761 e. The molecule has 0 amide bonds. The molecular formula is C15H22N4.